The van der Waals surface area contributed by atoms with E-state index in [0.717, 1.165) is 19.6 Å². The van der Waals surface area contributed by atoms with E-state index >= 15 is 0 Å². The lowest BCUT2D eigenvalue weighted by molar-refractivity contribution is 0.135. The molecule has 66 valence electrons. The summed E-state index contributed by atoms with van der Waals surface area (Å²) in [7, 11) is 3.88. The van der Waals surface area contributed by atoms with E-state index in [0.29, 0.717) is 0 Å². The van der Waals surface area contributed by atoms with Crippen LogP contribution in [-0.2, 0) is 0 Å². The van der Waals surface area contributed by atoms with Crippen molar-refractivity contribution in [1.82, 2.24) is 4.90 Å². The van der Waals surface area contributed by atoms with Gasteiger partial charge in [-0.25, -0.2) is 0 Å². The maximum atomic E-state index is 9.14. The van der Waals surface area contributed by atoms with Crippen molar-refractivity contribution in [3.63, 3.8) is 0 Å². The summed E-state index contributed by atoms with van der Waals surface area (Å²) < 4.78 is 0. The van der Waals surface area contributed by atoms with E-state index in [1.807, 2.05) is 28.5 Å². The summed E-state index contributed by atoms with van der Waals surface area (Å²) in [5.74, 6) is 2.38. The van der Waals surface area contributed by atoms with Gasteiger partial charge < -0.3 is 5.11 Å². The second-order valence-electron chi connectivity index (χ2n) is 2.79. The van der Waals surface area contributed by atoms with E-state index in [1.165, 1.54) is 11.5 Å². The van der Waals surface area contributed by atoms with Gasteiger partial charge >= 0.3 is 0 Å². The van der Waals surface area contributed by atoms with Crippen molar-refractivity contribution < 1.29 is 5.11 Å². The SMILES string of the molecule is CC(O)CN1CCSSCC1. The van der Waals surface area contributed by atoms with Crippen molar-refractivity contribution in [2.24, 2.45) is 0 Å². The molecule has 1 N–H and O–H groups in total. The van der Waals surface area contributed by atoms with Gasteiger partial charge in [0.2, 0.25) is 0 Å². The molecule has 2 nitrogen and oxygen atoms in total. The molecule has 0 aromatic rings. The molecule has 11 heavy (non-hydrogen) atoms. The van der Waals surface area contributed by atoms with Crippen LogP contribution in [0, 0.1) is 0 Å². The quantitative estimate of drug-likeness (QED) is 0.663. The van der Waals surface area contributed by atoms with Crippen molar-refractivity contribution in [2.75, 3.05) is 31.1 Å². The van der Waals surface area contributed by atoms with E-state index in [2.05, 4.69) is 4.90 Å². The van der Waals surface area contributed by atoms with Gasteiger partial charge in [0.05, 0.1) is 6.10 Å². The molecule has 0 aliphatic carbocycles. The Morgan fingerprint density at radius 3 is 2.36 bits per heavy atom. The zero-order valence-corrected chi connectivity index (χ0v) is 8.46. The summed E-state index contributed by atoms with van der Waals surface area (Å²) in [4.78, 5) is 2.33. The number of rotatable bonds is 2. The lowest BCUT2D eigenvalue weighted by Crippen LogP contribution is -2.33. The topological polar surface area (TPSA) is 23.5 Å². The molecule has 1 saturated heterocycles. The number of aliphatic hydroxyl groups is 1. The molecule has 0 bridgehead atoms. The maximum absolute atomic E-state index is 9.14. The number of hydrogen-bond donors (Lipinski definition) is 1. The zero-order chi connectivity index (χ0) is 8.10. The van der Waals surface area contributed by atoms with Gasteiger partial charge in [-0.2, -0.15) is 0 Å². The third-order valence-electron chi connectivity index (χ3n) is 1.59. The zero-order valence-electron chi connectivity index (χ0n) is 6.82. The molecular formula is C7H15NOS2. The minimum atomic E-state index is -0.178. The van der Waals surface area contributed by atoms with Crippen LogP contribution in [0.15, 0.2) is 0 Å². The van der Waals surface area contributed by atoms with Crippen molar-refractivity contribution in [1.29, 1.82) is 0 Å². The average Bonchev–Trinajstić information content (AvgIpc) is 2.14. The van der Waals surface area contributed by atoms with Gasteiger partial charge in [-0.3, -0.25) is 4.90 Å². The van der Waals surface area contributed by atoms with E-state index in [9.17, 15) is 0 Å². The van der Waals surface area contributed by atoms with Crippen molar-refractivity contribution in [3.8, 4) is 0 Å². The number of β-amino-alcohol motifs (C(OH)–C–C–N with tert-alkyl or cyclic N) is 1. The highest BCUT2D eigenvalue weighted by Gasteiger charge is 2.10. The molecule has 4 heteroatoms. The van der Waals surface area contributed by atoms with Crippen LogP contribution >= 0.6 is 21.6 Å². The smallest absolute Gasteiger partial charge is 0.0639 e. The largest absolute Gasteiger partial charge is 0.392 e. The predicted molar refractivity (Wildman–Crippen MR) is 53.0 cm³/mol. The molecule has 0 spiro atoms. The van der Waals surface area contributed by atoms with E-state index < -0.39 is 0 Å². The Balaban J connectivity index is 2.20. The predicted octanol–water partition coefficient (Wildman–Crippen LogP) is 1.06. The lowest BCUT2D eigenvalue weighted by atomic mass is 10.3. The lowest BCUT2D eigenvalue weighted by Gasteiger charge is -2.20. The first-order chi connectivity index (χ1) is 5.29. The highest BCUT2D eigenvalue weighted by Crippen LogP contribution is 2.23. The molecule has 1 rings (SSSR count). The van der Waals surface area contributed by atoms with Crippen LogP contribution in [0.3, 0.4) is 0 Å². The van der Waals surface area contributed by atoms with Crippen LogP contribution in [0.2, 0.25) is 0 Å². The maximum Gasteiger partial charge on any atom is 0.0639 e. The van der Waals surface area contributed by atoms with E-state index in [1.54, 1.807) is 0 Å². The van der Waals surface area contributed by atoms with E-state index in [4.69, 9.17) is 5.11 Å². The second-order valence-corrected chi connectivity index (χ2v) is 5.50. The fraction of sp³-hybridized carbons (Fsp3) is 1.00. The third kappa shape index (κ3) is 4.25. The summed E-state index contributed by atoms with van der Waals surface area (Å²) in [5, 5.41) is 9.14. The summed E-state index contributed by atoms with van der Waals surface area (Å²) in [5.41, 5.74) is 0. The first-order valence-electron chi connectivity index (χ1n) is 3.94. The molecule has 0 saturated carbocycles. The fourth-order valence-corrected chi connectivity index (χ4v) is 3.17. The Morgan fingerprint density at radius 1 is 1.36 bits per heavy atom. The standard InChI is InChI=1S/C7H15NOS2/c1-7(9)6-8-2-4-10-11-5-3-8/h7,9H,2-6H2,1H3. The molecule has 1 aliphatic heterocycles. The monoisotopic (exact) mass is 193 g/mol. The molecule has 0 amide bonds. The summed E-state index contributed by atoms with van der Waals surface area (Å²) in [6.45, 7) is 4.94. The highest BCUT2D eigenvalue weighted by atomic mass is 33.1. The first-order valence-corrected chi connectivity index (χ1v) is 6.42. The Hall–Kier alpha value is 0.620. The normalized spacial score (nSPS) is 24.5. The van der Waals surface area contributed by atoms with Crippen LogP contribution in [-0.4, -0.2) is 47.3 Å². The van der Waals surface area contributed by atoms with Crippen LogP contribution in [0.25, 0.3) is 0 Å². The summed E-state index contributed by atoms with van der Waals surface area (Å²) >= 11 is 0. The Morgan fingerprint density at radius 2 is 1.91 bits per heavy atom. The van der Waals surface area contributed by atoms with Gasteiger partial charge in [0.15, 0.2) is 0 Å². The van der Waals surface area contributed by atoms with Gasteiger partial charge in [0, 0.05) is 31.1 Å². The highest BCUT2D eigenvalue weighted by molar-refractivity contribution is 8.76. The van der Waals surface area contributed by atoms with Crippen molar-refractivity contribution in [2.45, 2.75) is 13.0 Å². The Kier molecular flexibility index (Phi) is 4.67. The first kappa shape index (κ1) is 9.71. The van der Waals surface area contributed by atoms with Gasteiger partial charge in [0.1, 0.15) is 0 Å². The van der Waals surface area contributed by atoms with Crippen LogP contribution in [0.5, 0.6) is 0 Å². The van der Waals surface area contributed by atoms with Crippen molar-refractivity contribution >= 4 is 21.6 Å². The number of hydrogen-bond acceptors (Lipinski definition) is 4. The third-order valence-corrected chi connectivity index (χ3v) is 3.95. The molecule has 0 aromatic heterocycles. The Bertz CT molecular complexity index is 103. The number of nitrogens with zero attached hydrogens (tertiary/aromatic N) is 1. The van der Waals surface area contributed by atoms with E-state index in [-0.39, 0.29) is 6.10 Å². The van der Waals surface area contributed by atoms with Crippen LogP contribution in [0.4, 0.5) is 0 Å². The van der Waals surface area contributed by atoms with Gasteiger partial charge in [-0.15, -0.1) is 0 Å². The molecular weight excluding hydrogens is 178 g/mol. The fourth-order valence-electron chi connectivity index (χ4n) is 1.12. The summed E-state index contributed by atoms with van der Waals surface area (Å²) in [6.07, 6.45) is -0.178. The molecule has 0 radical (unpaired) electrons. The minimum Gasteiger partial charge on any atom is -0.392 e. The van der Waals surface area contributed by atoms with Crippen LogP contribution < -0.4 is 0 Å². The average molecular weight is 193 g/mol. The molecule has 1 fully saturated rings. The molecule has 1 atom stereocenters. The van der Waals surface area contributed by atoms with Gasteiger partial charge in [-0.05, 0) is 6.92 Å². The Labute approximate surface area is 76.1 Å². The van der Waals surface area contributed by atoms with Gasteiger partial charge in [0.25, 0.3) is 0 Å². The molecule has 1 aliphatic rings. The minimum absolute atomic E-state index is 0.178. The summed E-state index contributed by atoms with van der Waals surface area (Å²) in [6, 6.07) is 0. The van der Waals surface area contributed by atoms with Crippen molar-refractivity contribution in [3.05, 3.63) is 0 Å². The number of aliphatic hydroxyl groups excluding tert-OH is 1. The molecule has 0 aromatic carbocycles. The second kappa shape index (κ2) is 5.30. The van der Waals surface area contributed by atoms with Crippen LogP contribution in [0.1, 0.15) is 6.92 Å². The van der Waals surface area contributed by atoms with Gasteiger partial charge in [-0.1, -0.05) is 21.6 Å². The molecule has 1 unspecified atom stereocenters. The molecule has 1 heterocycles.